The molecule has 0 aliphatic heterocycles. The molecule has 21 heavy (non-hydrogen) atoms. The van der Waals surface area contributed by atoms with E-state index in [4.69, 9.17) is 4.74 Å². The third-order valence-corrected chi connectivity index (χ3v) is 3.44. The molecule has 0 aliphatic carbocycles. The monoisotopic (exact) mass is 296 g/mol. The number of hydrogen-bond acceptors (Lipinski definition) is 3. The van der Waals surface area contributed by atoms with E-state index in [0.717, 1.165) is 18.4 Å². The first kappa shape index (κ1) is 17.6. The van der Waals surface area contributed by atoms with Crippen LogP contribution in [0.3, 0.4) is 0 Å². The van der Waals surface area contributed by atoms with Gasteiger partial charge in [-0.15, -0.1) is 0 Å². The van der Waals surface area contributed by atoms with Crippen molar-refractivity contribution in [3.05, 3.63) is 35.1 Å². The minimum Gasteiger partial charge on any atom is -0.465 e. The van der Waals surface area contributed by atoms with Gasteiger partial charge in [-0.1, -0.05) is 38.7 Å². The van der Waals surface area contributed by atoms with Crippen molar-refractivity contribution in [2.45, 2.75) is 58.7 Å². The minimum atomic E-state index is -0.663. The first-order valence-corrected chi connectivity index (χ1v) is 7.56. The Balaban J connectivity index is 2.41. The summed E-state index contributed by atoms with van der Waals surface area (Å²) in [6.07, 6.45) is 6.04. The molecular formula is C17H25FO3. The summed E-state index contributed by atoms with van der Waals surface area (Å²) in [5.41, 5.74) is 0.675. The quantitative estimate of drug-likeness (QED) is 0.497. The number of benzene rings is 1. The molecule has 1 rings (SSSR count). The van der Waals surface area contributed by atoms with Crippen molar-refractivity contribution in [1.82, 2.24) is 0 Å². The predicted octanol–water partition coefficient (Wildman–Crippen LogP) is 4.49. The first-order chi connectivity index (χ1) is 10.1. The molecule has 3 nitrogen and oxygen atoms in total. The highest BCUT2D eigenvalue weighted by molar-refractivity contribution is 5.89. The van der Waals surface area contributed by atoms with Gasteiger partial charge in [0.25, 0.3) is 0 Å². The van der Waals surface area contributed by atoms with E-state index in [1.165, 1.54) is 38.5 Å². The number of carbonyl (C=O) groups excluding carboxylic acids is 1. The van der Waals surface area contributed by atoms with Crippen LogP contribution in [0.15, 0.2) is 18.2 Å². The van der Waals surface area contributed by atoms with Crippen molar-refractivity contribution in [3.8, 4) is 0 Å². The van der Waals surface area contributed by atoms with Gasteiger partial charge in [-0.3, -0.25) is 0 Å². The summed E-state index contributed by atoms with van der Waals surface area (Å²) in [7, 11) is 1.24. The van der Waals surface area contributed by atoms with E-state index >= 15 is 0 Å². The van der Waals surface area contributed by atoms with Gasteiger partial charge >= 0.3 is 5.97 Å². The van der Waals surface area contributed by atoms with E-state index in [0.29, 0.717) is 6.61 Å². The molecule has 1 aromatic rings. The lowest BCUT2D eigenvalue weighted by Gasteiger charge is -2.13. The number of carbonyl (C=O) groups is 1. The van der Waals surface area contributed by atoms with E-state index in [-0.39, 0.29) is 11.7 Å². The largest absolute Gasteiger partial charge is 0.465 e. The third kappa shape index (κ3) is 6.25. The van der Waals surface area contributed by atoms with Gasteiger partial charge in [-0.25, -0.2) is 9.18 Å². The molecule has 0 saturated heterocycles. The molecule has 1 unspecified atom stereocenters. The Kier molecular flexibility index (Phi) is 7.98. The molecule has 0 fully saturated rings. The summed E-state index contributed by atoms with van der Waals surface area (Å²) in [5, 5.41) is 0. The number of halogens is 1. The van der Waals surface area contributed by atoms with Gasteiger partial charge in [-0.2, -0.15) is 0 Å². The van der Waals surface area contributed by atoms with Gasteiger partial charge in [0.2, 0.25) is 0 Å². The van der Waals surface area contributed by atoms with Crippen LogP contribution in [0.5, 0.6) is 0 Å². The van der Waals surface area contributed by atoms with E-state index in [2.05, 4.69) is 11.7 Å². The molecule has 0 bridgehead atoms. The smallest absolute Gasteiger partial charge is 0.340 e. The van der Waals surface area contributed by atoms with Crippen LogP contribution in [0.2, 0.25) is 0 Å². The first-order valence-electron chi connectivity index (χ1n) is 7.56. The van der Waals surface area contributed by atoms with Crippen molar-refractivity contribution >= 4 is 5.97 Å². The average molecular weight is 296 g/mol. The van der Waals surface area contributed by atoms with Gasteiger partial charge in [0.05, 0.1) is 25.4 Å². The number of rotatable bonds is 9. The second-order valence-corrected chi connectivity index (χ2v) is 5.28. The standard InChI is InChI=1S/C17H25FO3/c1-4-5-6-7-8-13(2)21-12-14-9-10-15(16(18)11-14)17(19)20-3/h9-11,13H,4-8,12H2,1-3H3. The highest BCUT2D eigenvalue weighted by Gasteiger charge is 2.12. The zero-order valence-corrected chi connectivity index (χ0v) is 13.2. The molecular weight excluding hydrogens is 271 g/mol. The number of unbranched alkanes of at least 4 members (excludes halogenated alkanes) is 3. The van der Waals surface area contributed by atoms with Crippen molar-refractivity contribution in [2.75, 3.05) is 7.11 Å². The highest BCUT2D eigenvalue weighted by Crippen LogP contribution is 2.14. The Morgan fingerprint density at radius 2 is 2.05 bits per heavy atom. The molecule has 1 atom stereocenters. The summed E-state index contributed by atoms with van der Waals surface area (Å²) in [5.74, 6) is -1.23. The predicted molar refractivity (Wildman–Crippen MR) is 80.7 cm³/mol. The Morgan fingerprint density at radius 3 is 2.67 bits per heavy atom. The fraction of sp³-hybridized carbons (Fsp3) is 0.588. The number of ether oxygens (including phenoxy) is 2. The Labute approximate surface area is 126 Å². The topological polar surface area (TPSA) is 35.5 Å². The Bertz CT molecular complexity index is 446. The molecule has 4 heteroatoms. The lowest BCUT2D eigenvalue weighted by molar-refractivity contribution is 0.0456. The number of methoxy groups -OCH3 is 1. The van der Waals surface area contributed by atoms with Gasteiger partial charge in [0.15, 0.2) is 0 Å². The summed E-state index contributed by atoms with van der Waals surface area (Å²) < 4.78 is 24.0. The molecule has 0 N–H and O–H groups in total. The van der Waals surface area contributed by atoms with E-state index in [1.54, 1.807) is 6.07 Å². The summed E-state index contributed by atoms with van der Waals surface area (Å²) in [6, 6.07) is 4.46. The van der Waals surface area contributed by atoms with Crippen molar-refractivity contribution < 1.29 is 18.7 Å². The lowest BCUT2D eigenvalue weighted by Crippen LogP contribution is -2.09. The second-order valence-electron chi connectivity index (χ2n) is 5.28. The van der Waals surface area contributed by atoms with Crippen LogP contribution < -0.4 is 0 Å². The summed E-state index contributed by atoms with van der Waals surface area (Å²) >= 11 is 0. The molecule has 0 amide bonds. The maximum Gasteiger partial charge on any atom is 0.340 e. The molecule has 0 radical (unpaired) electrons. The molecule has 0 spiro atoms. The molecule has 0 aromatic heterocycles. The molecule has 0 saturated carbocycles. The lowest BCUT2D eigenvalue weighted by atomic mass is 10.1. The van der Waals surface area contributed by atoms with Crippen LogP contribution in [-0.4, -0.2) is 19.2 Å². The SMILES string of the molecule is CCCCCCC(C)OCc1ccc(C(=O)OC)c(F)c1. The zero-order chi connectivity index (χ0) is 15.7. The van der Waals surface area contributed by atoms with Crippen molar-refractivity contribution in [1.29, 1.82) is 0 Å². The number of esters is 1. The second kappa shape index (κ2) is 9.50. The fourth-order valence-corrected chi connectivity index (χ4v) is 2.10. The summed E-state index contributed by atoms with van der Waals surface area (Å²) in [4.78, 5) is 11.3. The third-order valence-electron chi connectivity index (χ3n) is 3.44. The Hall–Kier alpha value is -1.42. The maximum atomic E-state index is 13.7. The van der Waals surface area contributed by atoms with Crippen molar-refractivity contribution in [2.24, 2.45) is 0 Å². The zero-order valence-electron chi connectivity index (χ0n) is 13.2. The van der Waals surface area contributed by atoms with Crippen LogP contribution >= 0.6 is 0 Å². The highest BCUT2D eigenvalue weighted by atomic mass is 19.1. The number of hydrogen-bond donors (Lipinski definition) is 0. The van der Waals surface area contributed by atoms with E-state index < -0.39 is 11.8 Å². The maximum absolute atomic E-state index is 13.7. The summed E-state index contributed by atoms with van der Waals surface area (Å²) in [6.45, 7) is 4.57. The molecule has 0 aliphatic rings. The van der Waals surface area contributed by atoms with Crippen LogP contribution in [0.1, 0.15) is 61.9 Å². The van der Waals surface area contributed by atoms with E-state index in [1.807, 2.05) is 6.92 Å². The normalized spacial score (nSPS) is 12.2. The van der Waals surface area contributed by atoms with E-state index in [9.17, 15) is 9.18 Å². The van der Waals surface area contributed by atoms with Gasteiger partial charge in [-0.05, 0) is 31.0 Å². The molecule has 1 aromatic carbocycles. The average Bonchev–Trinajstić information content (AvgIpc) is 2.49. The Morgan fingerprint density at radius 1 is 1.29 bits per heavy atom. The van der Waals surface area contributed by atoms with Crippen LogP contribution in [-0.2, 0) is 16.1 Å². The van der Waals surface area contributed by atoms with Crippen LogP contribution in [0, 0.1) is 5.82 Å². The van der Waals surface area contributed by atoms with Crippen LogP contribution in [0.25, 0.3) is 0 Å². The van der Waals surface area contributed by atoms with Crippen LogP contribution in [0.4, 0.5) is 4.39 Å². The minimum absolute atomic E-state index is 0.0473. The molecule has 0 heterocycles. The van der Waals surface area contributed by atoms with Gasteiger partial charge in [0, 0.05) is 0 Å². The molecule has 118 valence electrons. The van der Waals surface area contributed by atoms with Gasteiger partial charge < -0.3 is 9.47 Å². The van der Waals surface area contributed by atoms with Crippen molar-refractivity contribution in [3.63, 3.8) is 0 Å². The van der Waals surface area contributed by atoms with Gasteiger partial charge in [0.1, 0.15) is 5.82 Å². The fourth-order valence-electron chi connectivity index (χ4n) is 2.10.